The Labute approximate surface area is 288 Å². The number of benzene rings is 1. The van der Waals surface area contributed by atoms with Crippen molar-refractivity contribution in [1.29, 1.82) is 0 Å². The lowest BCUT2D eigenvalue weighted by Crippen LogP contribution is -2.41. The summed E-state index contributed by atoms with van der Waals surface area (Å²) in [4.78, 5) is 23.6. The Morgan fingerprint density at radius 2 is 0.771 bits per heavy atom. The summed E-state index contributed by atoms with van der Waals surface area (Å²) < 4.78 is 60.2. The van der Waals surface area contributed by atoms with Crippen molar-refractivity contribution < 1.29 is 61.4 Å². The molecule has 1 rings (SSSR count). The van der Waals surface area contributed by atoms with E-state index in [9.17, 15) is 9.59 Å². The molecule has 0 saturated carbocycles. The van der Waals surface area contributed by atoms with Crippen LogP contribution in [-0.4, -0.2) is 152 Å². The summed E-state index contributed by atoms with van der Waals surface area (Å²) >= 11 is 0. The molecule has 14 heteroatoms. The Bertz CT molecular complexity index is 912. The summed E-state index contributed by atoms with van der Waals surface area (Å²) in [5, 5.41) is 0.209. The molecule has 13 nitrogen and oxygen atoms in total. The van der Waals surface area contributed by atoms with E-state index in [0.717, 1.165) is 0 Å². The van der Waals surface area contributed by atoms with Crippen LogP contribution in [0.5, 0.6) is 0 Å². The Kier molecular flexibility index (Phi) is 26.7. The standard InChI is InChI=1S/C34H60O13Si/c1-34(2,3)48(4,5)47-30-28-45-26-24-43-22-20-41-18-16-39-14-12-37-11-13-38-15-17-40-19-21-42-23-25-44-27-29-46-33(36)32(35)31-9-7-6-8-10-31/h6-10H,11-30H2,1-5H3. The van der Waals surface area contributed by atoms with Crippen LogP contribution in [0.2, 0.25) is 18.1 Å². The number of rotatable bonds is 33. The second-order valence-electron chi connectivity index (χ2n) is 12.0. The third-order valence-corrected chi connectivity index (χ3v) is 11.7. The summed E-state index contributed by atoms with van der Waals surface area (Å²) in [5.74, 6) is -1.57. The van der Waals surface area contributed by atoms with E-state index in [2.05, 4.69) is 33.9 Å². The molecule has 0 N–H and O–H groups in total. The largest absolute Gasteiger partial charge is 0.457 e. The zero-order valence-electron chi connectivity index (χ0n) is 29.8. The molecule has 0 bridgehead atoms. The zero-order valence-corrected chi connectivity index (χ0v) is 30.8. The van der Waals surface area contributed by atoms with Crippen LogP contribution in [0, 0.1) is 0 Å². The maximum atomic E-state index is 11.9. The van der Waals surface area contributed by atoms with E-state index in [4.69, 9.17) is 51.8 Å². The summed E-state index contributed by atoms with van der Waals surface area (Å²) in [6.07, 6.45) is 0. The Morgan fingerprint density at radius 3 is 1.08 bits per heavy atom. The number of esters is 1. The van der Waals surface area contributed by atoms with Crippen molar-refractivity contribution in [1.82, 2.24) is 0 Å². The van der Waals surface area contributed by atoms with Crippen molar-refractivity contribution in [3.8, 4) is 0 Å². The van der Waals surface area contributed by atoms with E-state index in [-0.39, 0.29) is 18.3 Å². The van der Waals surface area contributed by atoms with Crippen molar-refractivity contribution in [2.45, 2.75) is 38.9 Å². The molecule has 0 amide bonds. The van der Waals surface area contributed by atoms with Gasteiger partial charge in [0.25, 0.3) is 5.78 Å². The van der Waals surface area contributed by atoms with Gasteiger partial charge in [0, 0.05) is 5.56 Å². The molecular formula is C34H60O13Si. The van der Waals surface area contributed by atoms with E-state index < -0.39 is 20.1 Å². The van der Waals surface area contributed by atoms with Crippen LogP contribution < -0.4 is 0 Å². The summed E-state index contributed by atoms with van der Waals surface area (Å²) in [6.45, 7) is 20.1. The van der Waals surface area contributed by atoms with E-state index in [1.165, 1.54) is 0 Å². The number of carbonyl (C=O) groups is 2. The average Bonchev–Trinajstić information content (AvgIpc) is 3.06. The van der Waals surface area contributed by atoms with Crippen LogP contribution in [0.1, 0.15) is 31.1 Å². The second kappa shape index (κ2) is 29.0. The summed E-state index contributed by atoms with van der Waals surface area (Å²) in [5.41, 5.74) is 0.297. The maximum Gasteiger partial charge on any atom is 0.379 e. The van der Waals surface area contributed by atoms with Crippen molar-refractivity contribution in [2.24, 2.45) is 0 Å². The minimum atomic E-state index is -1.71. The quantitative estimate of drug-likeness (QED) is 0.0347. The molecule has 0 atom stereocenters. The lowest BCUT2D eigenvalue weighted by atomic mass is 10.1. The van der Waals surface area contributed by atoms with Gasteiger partial charge in [0.15, 0.2) is 8.32 Å². The molecule has 0 aliphatic rings. The molecule has 0 saturated heterocycles. The number of hydrogen-bond donors (Lipinski definition) is 0. The van der Waals surface area contributed by atoms with Gasteiger partial charge in [-0.25, -0.2) is 4.79 Å². The van der Waals surface area contributed by atoms with Gasteiger partial charge in [-0.2, -0.15) is 0 Å². The van der Waals surface area contributed by atoms with Crippen LogP contribution in [0.4, 0.5) is 0 Å². The first-order chi connectivity index (χ1) is 23.1. The Hall–Kier alpha value is -1.82. The van der Waals surface area contributed by atoms with Crippen molar-refractivity contribution >= 4 is 20.1 Å². The minimum Gasteiger partial charge on any atom is -0.457 e. The molecule has 1 aromatic rings. The molecule has 0 aliphatic carbocycles. The highest BCUT2D eigenvalue weighted by atomic mass is 28.4. The smallest absolute Gasteiger partial charge is 0.379 e. The van der Waals surface area contributed by atoms with Crippen LogP contribution in [0.15, 0.2) is 30.3 Å². The highest BCUT2D eigenvalue weighted by Gasteiger charge is 2.36. The normalized spacial score (nSPS) is 12.0. The molecule has 0 aliphatic heterocycles. The fraction of sp³-hybridized carbons (Fsp3) is 0.765. The second-order valence-corrected chi connectivity index (χ2v) is 16.8. The first-order valence-electron chi connectivity index (χ1n) is 16.8. The molecule has 1 aromatic carbocycles. The first kappa shape index (κ1) is 44.2. The average molecular weight is 705 g/mol. The maximum absolute atomic E-state index is 11.9. The molecule has 0 aromatic heterocycles. The first-order valence-corrected chi connectivity index (χ1v) is 19.7. The SMILES string of the molecule is CC(C)(C)[Si](C)(C)OCCOCCOCCOCCOCCOCCOCCOCCOCCOCCOC(=O)C(=O)c1ccccc1. The van der Waals surface area contributed by atoms with Crippen molar-refractivity contribution in [3.05, 3.63) is 35.9 Å². The van der Waals surface area contributed by atoms with Gasteiger partial charge in [-0.1, -0.05) is 51.1 Å². The molecule has 0 unspecified atom stereocenters. The lowest BCUT2D eigenvalue weighted by molar-refractivity contribution is -0.139. The third-order valence-electron chi connectivity index (χ3n) is 7.16. The van der Waals surface area contributed by atoms with E-state index in [0.29, 0.717) is 124 Å². The monoisotopic (exact) mass is 704 g/mol. The fourth-order valence-electron chi connectivity index (χ4n) is 3.40. The minimum absolute atomic E-state index is 0.00101. The highest BCUT2D eigenvalue weighted by molar-refractivity contribution is 6.74. The topological polar surface area (TPSA) is 136 Å². The van der Waals surface area contributed by atoms with Gasteiger partial charge in [-0.05, 0) is 18.1 Å². The van der Waals surface area contributed by atoms with E-state index >= 15 is 0 Å². The summed E-state index contributed by atoms with van der Waals surface area (Å²) in [6, 6.07) is 8.27. The van der Waals surface area contributed by atoms with Crippen LogP contribution in [0.25, 0.3) is 0 Å². The van der Waals surface area contributed by atoms with Gasteiger partial charge in [0.1, 0.15) is 6.61 Å². The number of hydrogen-bond acceptors (Lipinski definition) is 13. The predicted molar refractivity (Wildman–Crippen MR) is 182 cm³/mol. The number of ketones is 1. The van der Waals surface area contributed by atoms with Gasteiger partial charge in [-0.3, -0.25) is 4.79 Å². The van der Waals surface area contributed by atoms with Crippen LogP contribution in [0.3, 0.4) is 0 Å². The molecule has 0 fully saturated rings. The van der Waals surface area contributed by atoms with Crippen molar-refractivity contribution in [3.63, 3.8) is 0 Å². The Morgan fingerprint density at radius 1 is 0.479 bits per heavy atom. The van der Waals surface area contributed by atoms with E-state index in [1.807, 2.05) is 0 Å². The molecule has 0 spiro atoms. The van der Waals surface area contributed by atoms with Gasteiger partial charge >= 0.3 is 5.97 Å². The number of ether oxygens (including phenoxy) is 10. The van der Waals surface area contributed by atoms with E-state index in [1.54, 1.807) is 30.3 Å². The van der Waals surface area contributed by atoms with Gasteiger partial charge < -0.3 is 51.8 Å². The van der Waals surface area contributed by atoms with Crippen molar-refractivity contribution in [2.75, 3.05) is 132 Å². The molecule has 0 heterocycles. The van der Waals surface area contributed by atoms with Crippen LogP contribution >= 0.6 is 0 Å². The number of carbonyl (C=O) groups excluding carboxylic acids is 2. The van der Waals surface area contributed by atoms with Gasteiger partial charge in [0.05, 0.1) is 126 Å². The third kappa shape index (κ3) is 24.3. The Balaban J connectivity index is 1.70. The molecule has 0 radical (unpaired) electrons. The lowest BCUT2D eigenvalue weighted by Gasteiger charge is -2.36. The molecule has 278 valence electrons. The van der Waals surface area contributed by atoms with Gasteiger partial charge in [0.2, 0.25) is 0 Å². The molecular weight excluding hydrogens is 644 g/mol. The fourth-order valence-corrected chi connectivity index (χ4v) is 4.43. The van der Waals surface area contributed by atoms with Crippen LogP contribution in [-0.2, 0) is 56.6 Å². The number of Topliss-reactive ketones (excluding diaryl/α,β-unsaturated/α-hetero) is 1. The molecule has 48 heavy (non-hydrogen) atoms. The highest BCUT2D eigenvalue weighted by Crippen LogP contribution is 2.36. The van der Waals surface area contributed by atoms with Gasteiger partial charge in [-0.15, -0.1) is 0 Å². The zero-order chi connectivity index (χ0) is 35.2. The summed E-state index contributed by atoms with van der Waals surface area (Å²) in [7, 11) is -1.71. The predicted octanol–water partition coefficient (Wildman–Crippen LogP) is 3.58.